The molecule has 1 saturated carbocycles. The van der Waals surface area contributed by atoms with Crippen LogP contribution in [-0.4, -0.2) is 11.7 Å². The molecule has 0 aromatic heterocycles. The van der Waals surface area contributed by atoms with Crippen molar-refractivity contribution < 1.29 is 9.50 Å². The minimum Gasteiger partial charge on any atom is -0.508 e. The third-order valence-electron chi connectivity index (χ3n) is 3.61. The van der Waals surface area contributed by atoms with E-state index in [1.54, 1.807) is 6.92 Å². The molecule has 0 saturated heterocycles. The van der Waals surface area contributed by atoms with Crippen LogP contribution in [0.1, 0.15) is 30.4 Å². The zero-order valence-corrected chi connectivity index (χ0v) is 8.89. The number of phenolic OH excluding ortho intramolecular Hbond substituents is 1. The Morgan fingerprint density at radius 3 is 2.60 bits per heavy atom. The average Bonchev–Trinajstić information content (AvgIpc) is 2.16. The highest BCUT2D eigenvalue weighted by molar-refractivity contribution is 5.46. The Labute approximate surface area is 88.9 Å². The topological polar surface area (TPSA) is 46.2 Å². The van der Waals surface area contributed by atoms with Crippen molar-refractivity contribution in [1.82, 2.24) is 0 Å². The van der Waals surface area contributed by atoms with Gasteiger partial charge in [0, 0.05) is 17.5 Å². The van der Waals surface area contributed by atoms with Crippen molar-refractivity contribution in [2.24, 2.45) is 5.73 Å². The summed E-state index contributed by atoms with van der Waals surface area (Å²) in [4.78, 5) is 0. The van der Waals surface area contributed by atoms with Crippen LogP contribution in [0.5, 0.6) is 5.75 Å². The van der Waals surface area contributed by atoms with Crippen LogP contribution >= 0.6 is 0 Å². The minimum absolute atomic E-state index is 0.180. The highest BCUT2D eigenvalue weighted by Gasteiger charge is 2.40. The van der Waals surface area contributed by atoms with E-state index < -0.39 is 0 Å². The van der Waals surface area contributed by atoms with Crippen LogP contribution < -0.4 is 5.73 Å². The Morgan fingerprint density at radius 1 is 1.47 bits per heavy atom. The van der Waals surface area contributed by atoms with Crippen molar-refractivity contribution in [3.05, 3.63) is 29.1 Å². The van der Waals surface area contributed by atoms with Crippen LogP contribution in [0.4, 0.5) is 4.39 Å². The van der Waals surface area contributed by atoms with Gasteiger partial charge in [0.2, 0.25) is 0 Å². The van der Waals surface area contributed by atoms with Crippen molar-refractivity contribution in [2.45, 2.75) is 31.6 Å². The Balaban J connectivity index is 2.55. The molecule has 3 N–H and O–H groups in total. The fraction of sp³-hybridized carbons (Fsp3) is 0.500. The normalized spacial score (nSPS) is 18.6. The molecule has 82 valence electrons. The second kappa shape index (κ2) is 3.49. The standard InChI is InChI=1S/C12H16FNO/c1-8-9(13)3-4-10(15)11(8)12(7-14)5-2-6-12/h3-4,15H,2,5-7,14H2,1H3. The lowest BCUT2D eigenvalue weighted by molar-refractivity contribution is 0.242. The van der Waals surface area contributed by atoms with Gasteiger partial charge in [-0.1, -0.05) is 6.42 Å². The fourth-order valence-corrected chi connectivity index (χ4v) is 2.50. The smallest absolute Gasteiger partial charge is 0.126 e. The summed E-state index contributed by atoms with van der Waals surface area (Å²) >= 11 is 0. The second-order valence-electron chi connectivity index (χ2n) is 4.40. The monoisotopic (exact) mass is 209 g/mol. The first-order chi connectivity index (χ1) is 7.10. The van der Waals surface area contributed by atoms with Gasteiger partial charge >= 0.3 is 0 Å². The maximum absolute atomic E-state index is 13.4. The highest BCUT2D eigenvalue weighted by Crippen LogP contribution is 2.47. The van der Waals surface area contributed by atoms with Gasteiger partial charge in [0.1, 0.15) is 11.6 Å². The van der Waals surface area contributed by atoms with Crippen LogP contribution in [0.3, 0.4) is 0 Å². The molecule has 0 unspecified atom stereocenters. The summed E-state index contributed by atoms with van der Waals surface area (Å²) in [5, 5.41) is 9.83. The summed E-state index contributed by atoms with van der Waals surface area (Å²) in [5.41, 5.74) is 6.83. The molecule has 0 amide bonds. The molecule has 1 aliphatic rings. The molecule has 1 aromatic carbocycles. The maximum Gasteiger partial charge on any atom is 0.126 e. The zero-order chi connectivity index (χ0) is 11.1. The van der Waals surface area contributed by atoms with Gasteiger partial charge in [0.15, 0.2) is 0 Å². The van der Waals surface area contributed by atoms with Crippen LogP contribution in [0.15, 0.2) is 12.1 Å². The predicted octanol–water partition coefficient (Wildman–Crippen LogP) is 2.22. The second-order valence-corrected chi connectivity index (χ2v) is 4.40. The number of hydrogen-bond acceptors (Lipinski definition) is 2. The van der Waals surface area contributed by atoms with E-state index in [9.17, 15) is 9.50 Å². The number of aromatic hydroxyl groups is 1. The first-order valence-corrected chi connectivity index (χ1v) is 5.29. The summed E-state index contributed by atoms with van der Waals surface area (Å²) in [7, 11) is 0. The van der Waals surface area contributed by atoms with E-state index in [4.69, 9.17) is 5.73 Å². The van der Waals surface area contributed by atoms with Gasteiger partial charge in [0.05, 0.1) is 0 Å². The lowest BCUT2D eigenvalue weighted by atomic mass is 9.63. The summed E-state index contributed by atoms with van der Waals surface area (Å²) in [5.74, 6) is -0.0819. The maximum atomic E-state index is 13.4. The Kier molecular flexibility index (Phi) is 2.43. The van der Waals surface area contributed by atoms with Gasteiger partial charge in [-0.05, 0) is 37.5 Å². The number of nitrogens with two attached hydrogens (primary N) is 1. The van der Waals surface area contributed by atoms with E-state index in [-0.39, 0.29) is 17.0 Å². The van der Waals surface area contributed by atoms with E-state index in [0.29, 0.717) is 12.1 Å². The molecule has 0 atom stereocenters. The Hall–Kier alpha value is -1.09. The van der Waals surface area contributed by atoms with Crippen molar-refractivity contribution in [1.29, 1.82) is 0 Å². The van der Waals surface area contributed by atoms with Gasteiger partial charge in [0.25, 0.3) is 0 Å². The molecule has 2 nitrogen and oxygen atoms in total. The summed E-state index contributed by atoms with van der Waals surface area (Å²) in [6.45, 7) is 2.19. The number of phenols is 1. The Bertz CT molecular complexity index is 380. The molecule has 3 heteroatoms. The molecule has 0 aliphatic heterocycles. The van der Waals surface area contributed by atoms with E-state index in [2.05, 4.69) is 0 Å². The van der Waals surface area contributed by atoms with Crippen molar-refractivity contribution in [3.8, 4) is 5.75 Å². The summed E-state index contributed by atoms with van der Waals surface area (Å²) in [6, 6.07) is 2.73. The fourth-order valence-electron chi connectivity index (χ4n) is 2.50. The average molecular weight is 209 g/mol. The Morgan fingerprint density at radius 2 is 2.13 bits per heavy atom. The van der Waals surface area contributed by atoms with Crippen LogP contribution in [0.2, 0.25) is 0 Å². The molecule has 0 spiro atoms. The molecule has 0 heterocycles. The number of benzene rings is 1. The molecular weight excluding hydrogens is 193 g/mol. The van der Waals surface area contributed by atoms with Gasteiger partial charge in [-0.3, -0.25) is 0 Å². The van der Waals surface area contributed by atoms with E-state index in [0.717, 1.165) is 24.8 Å². The van der Waals surface area contributed by atoms with Gasteiger partial charge in [-0.25, -0.2) is 4.39 Å². The van der Waals surface area contributed by atoms with Crippen molar-refractivity contribution in [2.75, 3.05) is 6.54 Å². The molecule has 0 radical (unpaired) electrons. The quantitative estimate of drug-likeness (QED) is 0.784. The molecule has 1 aromatic rings. The molecule has 2 rings (SSSR count). The molecule has 15 heavy (non-hydrogen) atoms. The predicted molar refractivity (Wildman–Crippen MR) is 57.4 cm³/mol. The van der Waals surface area contributed by atoms with Crippen LogP contribution in [0, 0.1) is 12.7 Å². The summed E-state index contributed by atoms with van der Waals surface area (Å²) in [6.07, 6.45) is 3.00. The number of hydrogen-bond donors (Lipinski definition) is 2. The lowest BCUT2D eigenvalue weighted by Gasteiger charge is -2.42. The number of halogens is 1. The van der Waals surface area contributed by atoms with Crippen LogP contribution in [-0.2, 0) is 5.41 Å². The van der Waals surface area contributed by atoms with E-state index in [1.165, 1.54) is 12.1 Å². The lowest BCUT2D eigenvalue weighted by Crippen LogP contribution is -2.42. The largest absolute Gasteiger partial charge is 0.508 e. The van der Waals surface area contributed by atoms with E-state index >= 15 is 0 Å². The van der Waals surface area contributed by atoms with Gasteiger partial charge in [-0.15, -0.1) is 0 Å². The first kappa shape index (κ1) is 10.4. The third kappa shape index (κ3) is 1.42. The molecule has 0 bridgehead atoms. The zero-order valence-electron chi connectivity index (χ0n) is 8.89. The van der Waals surface area contributed by atoms with Crippen molar-refractivity contribution in [3.63, 3.8) is 0 Å². The van der Waals surface area contributed by atoms with Crippen LogP contribution in [0.25, 0.3) is 0 Å². The third-order valence-corrected chi connectivity index (χ3v) is 3.61. The first-order valence-electron chi connectivity index (χ1n) is 5.29. The number of rotatable bonds is 2. The van der Waals surface area contributed by atoms with Crippen molar-refractivity contribution >= 4 is 0 Å². The molecular formula is C12H16FNO. The summed E-state index contributed by atoms with van der Waals surface area (Å²) < 4.78 is 13.4. The minimum atomic E-state index is -0.262. The van der Waals surface area contributed by atoms with Gasteiger partial charge in [-0.2, -0.15) is 0 Å². The van der Waals surface area contributed by atoms with Gasteiger partial charge < -0.3 is 10.8 Å². The highest BCUT2D eigenvalue weighted by atomic mass is 19.1. The molecule has 1 aliphatic carbocycles. The van der Waals surface area contributed by atoms with E-state index in [1.807, 2.05) is 0 Å². The SMILES string of the molecule is Cc1c(F)ccc(O)c1C1(CN)CCC1. The molecule has 1 fully saturated rings.